The van der Waals surface area contributed by atoms with Crippen LogP contribution in [0.25, 0.3) is 6.08 Å². The van der Waals surface area contributed by atoms with Crippen molar-refractivity contribution in [3.8, 4) is 0 Å². The molecule has 0 bridgehead atoms. The molecule has 1 aromatic carbocycles. The minimum Gasteiger partial charge on any atom is -0.298 e. The van der Waals surface area contributed by atoms with Crippen LogP contribution in [-0.4, -0.2) is 30.0 Å². The Bertz CT molecular complexity index is 527. The summed E-state index contributed by atoms with van der Waals surface area (Å²) in [4.78, 5) is 27.9. The van der Waals surface area contributed by atoms with Gasteiger partial charge in [-0.3, -0.25) is 14.5 Å². The van der Waals surface area contributed by atoms with E-state index in [1.807, 2.05) is 0 Å². The molecule has 17 heavy (non-hydrogen) atoms. The highest BCUT2D eigenvalue weighted by molar-refractivity contribution is 6.13. The Kier molecular flexibility index (Phi) is 2.87. The SMILES string of the molecule is CC1=NC(=Cc2ccc(C=O)cc2)C(=O)N1C. The molecular weight excluding hydrogens is 216 g/mol. The van der Waals surface area contributed by atoms with Gasteiger partial charge >= 0.3 is 0 Å². The highest BCUT2D eigenvalue weighted by Crippen LogP contribution is 2.16. The van der Waals surface area contributed by atoms with E-state index in [4.69, 9.17) is 0 Å². The summed E-state index contributed by atoms with van der Waals surface area (Å²) in [5, 5.41) is 0. The third-order valence-electron chi connectivity index (χ3n) is 2.67. The lowest BCUT2D eigenvalue weighted by Gasteiger charge is -2.05. The number of amidine groups is 1. The Morgan fingerprint density at radius 1 is 1.18 bits per heavy atom. The molecule has 0 saturated heterocycles. The quantitative estimate of drug-likeness (QED) is 0.571. The van der Waals surface area contributed by atoms with Crippen molar-refractivity contribution in [1.29, 1.82) is 0 Å². The van der Waals surface area contributed by atoms with Gasteiger partial charge in [-0.25, -0.2) is 4.99 Å². The molecule has 1 aliphatic rings. The topological polar surface area (TPSA) is 49.7 Å². The van der Waals surface area contributed by atoms with E-state index in [9.17, 15) is 9.59 Å². The number of rotatable bonds is 2. The van der Waals surface area contributed by atoms with Crippen LogP contribution in [0.4, 0.5) is 0 Å². The maximum atomic E-state index is 11.7. The molecule has 0 fully saturated rings. The lowest BCUT2D eigenvalue weighted by molar-refractivity contribution is -0.121. The maximum absolute atomic E-state index is 11.7. The molecule has 4 nitrogen and oxygen atoms in total. The summed E-state index contributed by atoms with van der Waals surface area (Å²) >= 11 is 0. The number of aliphatic imine (C=N–C) groups is 1. The number of benzene rings is 1. The lowest BCUT2D eigenvalue weighted by atomic mass is 10.1. The van der Waals surface area contributed by atoms with Crippen molar-refractivity contribution in [2.45, 2.75) is 6.92 Å². The number of carbonyl (C=O) groups is 2. The smallest absolute Gasteiger partial charge is 0.277 e. The van der Waals surface area contributed by atoms with Crippen molar-refractivity contribution in [2.24, 2.45) is 4.99 Å². The van der Waals surface area contributed by atoms with Gasteiger partial charge in [0.15, 0.2) is 0 Å². The fraction of sp³-hybridized carbons (Fsp3) is 0.154. The average Bonchev–Trinajstić information content (AvgIpc) is 2.58. The molecule has 1 aliphatic heterocycles. The number of likely N-dealkylation sites (N-methyl/N-ethyl adjacent to an activating group) is 1. The van der Waals surface area contributed by atoms with E-state index in [1.165, 1.54) is 4.90 Å². The minimum atomic E-state index is -0.109. The maximum Gasteiger partial charge on any atom is 0.277 e. The van der Waals surface area contributed by atoms with Crippen LogP contribution < -0.4 is 0 Å². The normalized spacial score (nSPS) is 17.5. The lowest BCUT2D eigenvalue weighted by Crippen LogP contribution is -2.25. The van der Waals surface area contributed by atoms with E-state index in [1.54, 1.807) is 44.3 Å². The van der Waals surface area contributed by atoms with Crippen LogP contribution in [0, 0.1) is 0 Å². The molecule has 0 saturated carbocycles. The largest absolute Gasteiger partial charge is 0.298 e. The first kappa shape index (κ1) is 11.3. The fourth-order valence-corrected chi connectivity index (χ4v) is 1.54. The van der Waals surface area contributed by atoms with Crippen molar-refractivity contribution in [1.82, 2.24) is 4.90 Å². The van der Waals surface area contributed by atoms with Crippen LogP contribution in [0.15, 0.2) is 35.0 Å². The zero-order valence-corrected chi connectivity index (χ0v) is 9.68. The molecule has 1 heterocycles. The standard InChI is InChI=1S/C13H12N2O2/c1-9-14-12(13(17)15(9)2)7-10-3-5-11(8-16)6-4-10/h3-8H,1-2H3. The van der Waals surface area contributed by atoms with Gasteiger partial charge in [0, 0.05) is 12.6 Å². The number of amides is 1. The van der Waals surface area contributed by atoms with Crippen LogP contribution >= 0.6 is 0 Å². The van der Waals surface area contributed by atoms with Crippen molar-refractivity contribution < 1.29 is 9.59 Å². The Hall–Kier alpha value is -2.23. The van der Waals surface area contributed by atoms with Crippen LogP contribution in [0.3, 0.4) is 0 Å². The van der Waals surface area contributed by atoms with E-state index >= 15 is 0 Å². The molecule has 1 aromatic rings. The fourth-order valence-electron chi connectivity index (χ4n) is 1.54. The minimum absolute atomic E-state index is 0.109. The van der Waals surface area contributed by atoms with Crippen molar-refractivity contribution in [3.05, 3.63) is 41.1 Å². The number of aldehydes is 1. The van der Waals surface area contributed by atoms with E-state index in [-0.39, 0.29) is 5.91 Å². The van der Waals surface area contributed by atoms with Gasteiger partial charge in [0.1, 0.15) is 17.8 Å². The van der Waals surface area contributed by atoms with Crippen molar-refractivity contribution in [2.75, 3.05) is 7.05 Å². The van der Waals surface area contributed by atoms with E-state index in [0.717, 1.165) is 11.8 Å². The van der Waals surface area contributed by atoms with Crippen LogP contribution in [-0.2, 0) is 4.79 Å². The summed E-state index contributed by atoms with van der Waals surface area (Å²) < 4.78 is 0. The zero-order valence-electron chi connectivity index (χ0n) is 9.68. The predicted octanol–water partition coefficient (Wildman–Crippen LogP) is 1.73. The summed E-state index contributed by atoms with van der Waals surface area (Å²) in [6.07, 6.45) is 2.50. The summed E-state index contributed by atoms with van der Waals surface area (Å²) in [5.74, 6) is 0.577. The number of nitrogens with zero attached hydrogens (tertiary/aromatic N) is 2. The van der Waals surface area contributed by atoms with Gasteiger partial charge in [-0.2, -0.15) is 0 Å². The van der Waals surface area contributed by atoms with Crippen LogP contribution in [0.1, 0.15) is 22.8 Å². The highest BCUT2D eigenvalue weighted by Gasteiger charge is 2.23. The third kappa shape index (κ3) is 2.15. The first-order valence-electron chi connectivity index (χ1n) is 5.22. The number of carbonyl (C=O) groups excluding carboxylic acids is 2. The van der Waals surface area contributed by atoms with Gasteiger partial charge in [-0.1, -0.05) is 24.3 Å². The van der Waals surface area contributed by atoms with Gasteiger partial charge in [-0.05, 0) is 18.6 Å². The Labute approximate surface area is 99.3 Å². The van der Waals surface area contributed by atoms with E-state index in [0.29, 0.717) is 17.1 Å². The molecule has 0 atom stereocenters. The molecule has 0 aromatic heterocycles. The van der Waals surface area contributed by atoms with E-state index < -0.39 is 0 Å². The summed E-state index contributed by atoms with van der Waals surface area (Å²) in [5.41, 5.74) is 1.89. The van der Waals surface area contributed by atoms with Crippen molar-refractivity contribution in [3.63, 3.8) is 0 Å². The molecule has 0 radical (unpaired) electrons. The molecular formula is C13H12N2O2. The first-order valence-corrected chi connectivity index (χ1v) is 5.22. The second kappa shape index (κ2) is 4.33. The predicted molar refractivity (Wildman–Crippen MR) is 65.7 cm³/mol. The summed E-state index contributed by atoms with van der Waals surface area (Å²) in [6, 6.07) is 6.98. The van der Waals surface area contributed by atoms with Gasteiger partial charge < -0.3 is 0 Å². The van der Waals surface area contributed by atoms with Crippen LogP contribution in [0.2, 0.25) is 0 Å². The molecule has 0 spiro atoms. The molecule has 4 heteroatoms. The Balaban J connectivity index is 2.31. The second-order valence-electron chi connectivity index (χ2n) is 3.84. The molecule has 1 amide bonds. The Morgan fingerprint density at radius 2 is 1.76 bits per heavy atom. The van der Waals surface area contributed by atoms with Gasteiger partial charge in [0.2, 0.25) is 0 Å². The van der Waals surface area contributed by atoms with Crippen molar-refractivity contribution >= 4 is 24.1 Å². The highest BCUT2D eigenvalue weighted by atomic mass is 16.2. The van der Waals surface area contributed by atoms with E-state index in [2.05, 4.69) is 4.99 Å². The second-order valence-corrected chi connectivity index (χ2v) is 3.84. The molecule has 2 rings (SSSR count). The Morgan fingerprint density at radius 3 is 2.24 bits per heavy atom. The third-order valence-corrected chi connectivity index (χ3v) is 2.67. The summed E-state index contributed by atoms with van der Waals surface area (Å²) in [7, 11) is 1.69. The monoisotopic (exact) mass is 228 g/mol. The molecule has 86 valence electrons. The van der Waals surface area contributed by atoms with Crippen LogP contribution in [0.5, 0.6) is 0 Å². The molecule has 0 aliphatic carbocycles. The summed E-state index contributed by atoms with van der Waals surface area (Å²) in [6.45, 7) is 1.79. The van der Waals surface area contributed by atoms with Gasteiger partial charge in [-0.15, -0.1) is 0 Å². The zero-order chi connectivity index (χ0) is 12.4. The first-order chi connectivity index (χ1) is 8.11. The molecule has 0 unspecified atom stereocenters. The van der Waals surface area contributed by atoms with Gasteiger partial charge in [0.05, 0.1) is 0 Å². The number of hydrogen-bond donors (Lipinski definition) is 0. The number of hydrogen-bond acceptors (Lipinski definition) is 3. The average molecular weight is 228 g/mol. The van der Waals surface area contributed by atoms with Gasteiger partial charge in [0.25, 0.3) is 5.91 Å². The molecule has 0 N–H and O–H groups in total.